The Labute approximate surface area is 326 Å². The molecule has 19 heteroatoms. The third-order valence-electron chi connectivity index (χ3n) is 11.2. The van der Waals surface area contributed by atoms with Crippen LogP contribution in [0.5, 0.6) is 11.5 Å². The third kappa shape index (κ3) is 7.73. The predicted molar refractivity (Wildman–Crippen MR) is 202 cm³/mol. The number of rotatable bonds is 8. The van der Waals surface area contributed by atoms with Gasteiger partial charge in [-0.25, -0.2) is 23.4 Å². The van der Waals surface area contributed by atoms with E-state index in [1.165, 1.54) is 18.6 Å². The Kier molecular flexibility index (Phi) is 11.0. The number of carbonyl (C=O) groups excluding carboxylic acids is 2. The molecule has 0 amide bonds. The van der Waals surface area contributed by atoms with Crippen LogP contribution in [0.25, 0.3) is 0 Å². The number of halogens is 2. The van der Waals surface area contributed by atoms with Crippen molar-refractivity contribution >= 4 is 59.6 Å². The van der Waals surface area contributed by atoms with Crippen molar-refractivity contribution < 1.29 is 61.9 Å². The molecular formula is C37H43B2F2N3O11S. The van der Waals surface area contributed by atoms with Crippen molar-refractivity contribution in [2.45, 2.75) is 90.3 Å². The molecule has 3 aromatic rings. The number of ketones is 1. The maximum absolute atomic E-state index is 14.5. The number of ether oxygens (including phenoxy) is 2. The molecule has 3 saturated carbocycles. The summed E-state index contributed by atoms with van der Waals surface area (Å²) in [6.07, 6.45) is 1.70. The van der Waals surface area contributed by atoms with E-state index in [4.69, 9.17) is 39.5 Å². The molecule has 14 nitrogen and oxygen atoms in total. The fraction of sp³-hybridized carbons (Fsp3) is 0.486. The monoisotopic (exact) mass is 797 g/mol. The Hall–Kier alpha value is -4.58. The predicted octanol–water partition coefficient (Wildman–Crippen LogP) is 4.91. The Bertz CT molecular complexity index is 2090. The van der Waals surface area contributed by atoms with Crippen molar-refractivity contribution in [3.05, 3.63) is 63.7 Å². The maximum Gasteiger partial charge on any atom is 0.526 e. The van der Waals surface area contributed by atoms with Gasteiger partial charge in [0.2, 0.25) is 0 Å². The summed E-state index contributed by atoms with van der Waals surface area (Å²) in [5.74, 6) is -3.71. The molecule has 298 valence electrons. The smallest absolute Gasteiger partial charge is 0.526 e. The standard InChI is InChI=1S/C22H30BFO5.C15H13BFN3O6S/c1-20(2,3)27-19(25)14-10-13(24)11-15(18(14)26-7)23-28-17-9-12-8-16(21(12,4)5)22(17,6)29-23;17-8-2-6-1-7(16(24)26-13(6)9(4-8)14(22)23)3-11(21)12(20-25)10-5-27-15(18)19-10/h10-12,16-17H,8-9H2,1-7H3;2,4-5,7,24-25H,1,3H2,(H2,18,19)(H,22,23)/b;20-12-/t12-,16-,17?,22-;7-/m01/s1. The van der Waals surface area contributed by atoms with Crippen molar-refractivity contribution in [3.63, 3.8) is 0 Å². The number of anilines is 1. The first-order chi connectivity index (χ1) is 26.2. The minimum Gasteiger partial charge on any atom is -0.535 e. The molecule has 5 N–H and O–H groups in total. The fourth-order valence-electron chi connectivity index (χ4n) is 8.35. The number of oxime groups is 1. The number of nitrogens with two attached hydrogens (primary N) is 1. The summed E-state index contributed by atoms with van der Waals surface area (Å²) in [4.78, 5) is 40.2. The van der Waals surface area contributed by atoms with Crippen LogP contribution in [0.1, 0.15) is 92.8 Å². The van der Waals surface area contributed by atoms with Crippen molar-refractivity contribution in [2.75, 3.05) is 12.8 Å². The fourth-order valence-corrected chi connectivity index (χ4v) is 8.90. The SMILES string of the molecule is COc1c(B2OC3C[C@@H]4C[C@@H](C4(C)C)[C@]3(C)O2)cc(F)cc1C(=O)OC(C)(C)C.Nc1nc(/C(=N/O)C(=O)C[C@H]2Cc3cc(F)cc(C(=O)O)c3OB2O)cs1. The average molecular weight is 797 g/mol. The Morgan fingerprint density at radius 3 is 2.38 bits per heavy atom. The number of nitrogen functional groups attached to an aromatic ring is 1. The van der Waals surface area contributed by atoms with E-state index >= 15 is 0 Å². The molecule has 5 atom stereocenters. The third-order valence-corrected chi connectivity index (χ3v) is 11.8. The molecule has 2 bridgehead atoms. The minimum atomic E-state index is -1.49. The van der Waals surface area contributed by atoms with Gasteiger partial charge >= 0.3 is 26.2 Å². The van der Waals surface area contributed by atoms with Crippen molar-refractivity contribution in [3.8, 4) is 11.5 Å². The van der Waals surface area contributed by atoms with Gasteiger partial charge in [0.05, 0.1) is 18.8 Å². The lowest BCUT2D eigenvalue weighted by Crippen LogP contribution is -2.65. The summed E-state index contributed by atoms with van der Waals surface area (Å²) in [5, 5.41) is 33.0. The summed E-state index contributed by atoms with van der Waals surface area (Å²) in [5.41, 5.74) is 4.56. The van der Waals surface area contributed by atoms with E-state index in [2.05, 4.69) is 30.9 Å². The summed E-state index contributed by atoms with van der Waals surface area (Å²) in [7, 11) is -0.827. The molecule has 5 aliphatic rings. The van der Waals surface area contributed by atoms with Crippen LogP contribution in [0.2, 0.25) is 5.82 Å². The molecule has 8 rings (SSSR count). The quantitative estimate of drug-likeness (QED) is 0.0787. The van der Waals surface area contributed by atoms with Gasteiger partial charge in [0.25, 0.3) is 0 Å². The van der Waals surface area contributed by atoms with Gasteiger partial charge in [0, 0.05) is 23.1 Å². The van der Waals surface area contributed by atoms with E-state index in [-0.39, 0.29) is 63.5 Å². The van der Waals surface area contributed by atoms with Crippen LogP contribution in [0.4, 0.5) is 13.9 Å². The number of carboxylic acids is 1. The molecular weight excluding hydrogens is 754 g/mol. The zero-order valence-electron chi connectivity index (χ0n) is 31.9. The highest BCUT2D eigenvalue weighted by atomic mass is 32.1. The van der Waals surface area contributed by atoms with Crippen LogP contribution >= 0.6 is 11.3 Å². The van der Waals surface area contributed by atoms with Gasteiger partial charge in [-0.3, -0.25) is 4.79 Å². The number of carboxylic acid groups (broad SMARTS) is 1. The lowest BCUT2D eigenvalue weighted by molar-refractivity contribution is -0.199. The maximum atomic E-state index is 14.5. The Balaban J connectivity index is 0.000000190. The van der Waals surface area contributed by atoms with E-state index in [0.717, 1.165) is 42.4 Å². The van der Waals surface area contributed by atoms with Gasteiger partial charge in [0.1, 0.15) is 45.6 Å². The first kappa shape index (κ1) is 41.1. The summed E-state index contributed by atoms with van der Waals surface area (Å²) < 4.78 is 57.1. The van der Waals surface area contributed by atoms with Crippen molar-refractivity contribution in [1.82, 2.24) is 4.98 Å². The topological polar surface area (TPSA) is 209 Å². The number of hydrogen-bond acceptors (Lipinski definition) is 14. The number of benzene rings is 2. The molecule has 1 aromatic heterocycles. The van der Waals surface area contributed by atoms with Crippen LogP contribution in [-0.4, -0.2) is 82.4 Å². The number of aromatic carboxylic acids is 1. The first-order valence-corrected chi connectivity index (χ1v) is 18.9. The number of esters is 1. The molecule has 1 unspecified atom stereocenters. The summed E-state index contributed by atoms with van der Waals surface area (Å²) in [6.45, 7) is 12.0. The van der Waals surface area contributed by atoms with Gasteiger partial charge in [-0.05, 0) is 94.0 Å². The number of aromatic nitrogens is 1. The van der Waals surface area contributed by atoms with Crippen LogP contribution in [0.15, 0.2) is 34.8 Å². The number of carbonyl (C=O) groups is 3. The zero-order chi connectivity index (χ0) is 41.1. The molecule has 2 aromatic carbocycles. The molecule has 4 fully saturated rings. The number of thiazole rings is 1. The van der Waals surface area contributed by atoms with Crippen LogP contribution in [0, 0.1) is 28.9 Å². The highest BCUT2D eigenvalue weighted by Crippen LogP contribution is 2.65. The molecule has 2 aliphatic heterocycles. The highest BCUT2D eigenvalue weighted by Gasteiger charge is 2.68. The largest absolute Gasteiger partial charge is 0.535 e. The van der Waals surface area contributed by atoms with E-state index < -0.39 is 66.2 Å². The second kappa shape index (κ2) is 15.1. The Morgan fingerprint density at radius 2 is 1.79 bits per heavy atom. The number of Topliss-reactive ketones (excluding diaryl/α,β-unsaturated/α-hetero) is 1. The van der Waals surface area contributed by atoms with Crippen LogP contribution < -0.4 is 20.6 Å². The van der Waals surface area contributed by atoms with Crippen molar-refractivity contribution in [1.29, 1.82) is 0 Å². The summed E-state index contributed by atoms with van der Waals surface area (Å²) >= 11 is 1.06. The second-order valence-corrected chi connectivity index (χ2v) is 17.1. The number of methoxy groups -OCH3 is 1. The van der Waals surface area contributed by atoms with E-state index in [0.29, 0.717) is 17.3 Å². The van der Waals surface area contributed by atoms with E-state index in [1.54, 1.807) is 20.8 Å². The number of fused-ring (bicyclic) bond motifs is 1. The minimum absolute atomic E-state index is 0.00179. The zero-order valence-corrected chi connectivity index (χ0v) is 32.7. The molecule has 3 aliphatic carbocycles. The first-order valence-electron chi connectivity index (χ1n) is 18.0. The van der Waals surface area contributed by atoms with Crippen LogP contribution in [-0.2, 0) is 25.3 Å². The summed E-state index contributed by atoms with van der Waals surface area (Å²) in [6, 6.07) is 4.35. The molecule has 1 saturated heterocycles. The van der Waals surface area contributed by atoms with E-state index in [1.807, 2.05) is 0 Å². The van der Waals surface area contributed by atoms with Gasteiger partial charge in [-0.2, -0.15) is 0 Å². The molecule has 56 heavy (non-hydrogen) atoms. The lowest BCUT2D eigenvalue weighted by Gasteiger charge is -2.64. The van der Waals surface area contributed by atoms with Gasteiger partial charge in [-0.15, -0.1) is 11.3 Å². The van der Waals surface area contributed by atoms with Gasteiger partial charge in [0.15, 0.2) is 16.6 Å². The average Bonchev–Trinajstić information content (AvgIpc) is 3.70. The number of hydrogen-bond donors (Lipinski definition) is 4. The van der Waals surface area contributed by atoms with Crippen LogP contribution in [0.3, 0.4) is 0 Å². The van der Waals surface area contributed by atoms with Crippen molar-refractivity contribution in [2.24, 2.45) is 22.4 Å². The molecule has 0 spiro atoms. The normalized spacial score (nSPS) is 24.8. The van der Waals surface area contributed by atoms with Gasteiger partial charge < -0.3 is 44.5 Å². The number of nitrogens with zero attached hydrogens (tertiary/aromatic N) is 2. The molecule has 0 radical (unpaired) electrons. The van der Waals surface area contributed by atoms with E-state index in [9.17, 15) is 28.2 Å². The molecule has 3 heterocycles. The van der Waals surface area contributed by atoms with Gasteiger partial charge in [-0.1, -0.05) is 19.0 Å². The lowest BCUT2D eigenvalue weighted by atomic mass is 9.43. The highest BCUT2D eigenvalue weighted by molar-refractivity contribution is 7.13. The second-order valence-electron chi connectivity index (χ2n) is 16.2. The Morgan fingerprint density at radius 1 is 1.11 bits per heavy atom.